The Balaban J connectivity index is 2.58. The smallest absolute Gasteiger partial charge is 0.0456 e. The highest BCUT2D eigenvalue weighted by molar-refractivity contribution is 7.80. The largest absolute Gasteiger partial charge is 0.361 e. The molecule has 2 aromatic rings. The van der Waals surface area contributed by atoms with Gasteiger partial charge in [0, 0.05) is 17.1 Å². The Labute approximate surface area is 83.6 Å². The molecule has 0 bridgehead atoms. The number of aryl methyl sites for hydroxylation is 2. The predicted octanol–water partition coefficient (Wildman–Crippen LogP) is 2.95. The van der Waals surface area contributed by atoms with Gasteiger partial charge in [0.05, 0.1) is 0 Å². The van der Waals surface area contributed by atoms with E-state index in [9.17, 15) is 0 Å². The summed E-state index contributed by atoms with van der Waals surface area (Å²) in [5, 5.41) is 1.34. The van der Waals surface area contributed by atoms with Crippen LogP contribution in [0.2, 0.25) is 0 Å². The molecule has 0 saturated carbocycles. The molecule has 1 nitrogen and oxygen atoms in total. The van der Waals surface area contributed by atoms with Crippen molar-refractivity contribution in [2.24, 2.45) is 0 Å². The van der Waals surface area contributed by atoms with Gasteiger partial charge in [-0.1, -0.05) is 11.6 Å². The summed E-state index contributed by atoms with van der Waals surface area (Å²) in [6, 6.07) is 6.49. The average Bonchev–Trinajstić information content (AvgIpc) is 2.49. The Morgan fingerprint density at radius 3 is 3.00 bits per heavy atom. The van der Waals surface area contributed by atoms with Crippen molar-refractivity contribution in [3.05, 3.63) is 35.5 Å². The second-order valence-corrected chi connectivity index (χ2v) is 3.78. The molecule has 0 atom stereocenters. The molecule has 0 amide bonds. The Kier molecular flexibility index (Phi) is 2.32. The third-order valence-electron chi connectivity index (χ3n) is 2.30. The number of hydrogen-bond acceptors (Lipinski definition) is 1. The number of aromatic nitrogens is 1. The van der Waals surface area contributed by atoms with Gasteiger partial charge in [0.2, 0.25) is 0 Å². The molecular formula is C11H13NS. The van der Waals surface area contributed by atoms with E-state index in [2.05, 4.69) is 48.9 Å². The maximum absolute atomic E-state index is 4.24. The summed E-state index contributed by atoms with van der Waals surface area (Å²) >= 11 is 4.24. The van der Waals surface area contributed by atoms with Crippen molar-refractivity contribution in [1.29, 1.82) is 0 Å². The number of hydrogen-bond donors (Lipinski definition) is 2. The minimum atomic E-state index is 0.904. The number of H-pyrrole nitrogens is 1. The van der Waals surface area contributed by atoms with Crippen molar-refractivity contribution < 1.29 is 0 Å². The zero-order valence-electron chi connectivity index (χ0n) is 7.67. The van der Waals surface area contributed by atoms with Gasteiger partial charge in [0.25, 0.3) is 0 Å². The van der Waals surface area contributed by atoms with Gasteiger partial charge in [-0.05, 0) is 36.8 Å². The van der Waals surface area contributed by atoms with Crippen molar-refractivity contribution in [2.45, 2.75) is 13.3 Å². The first-order valence-corrected chi connectivity index (χ1v) is 5.12. The molecule has 0 saturated heterocycles. The van der Waals surface area contributed by atoms with E-state index in [1.165, 1.54) is 22.0 Å². The van der Waals surface area contributed by atoms with Crippen LogP contribution in [0.1, 0.15) is 11.1 Å². The fourth-order valence-electron chi connectivity index (χ4n) is 1.62. The fourth-order valence-corrected chi connectivity index (χ4v) is 1.86. The molecule has 0 aliphatic heterocycles. The molecule has 1 aromatic carbocycles. The maximum Gasteiger partial charge on any atom is 0.0456 e. The lowest BCUT2D eigenvalue weighted by Crippen LogP contribution is -1.83. The second-order valence-electron chi connectivity index (χ2n) is 3.34. The van der Waals surface area contributed by atoms with Crippen LogP contribution in [0.25, 0.3) is 10.9 Å². The number of benzene rings is 1. The molecular weight excluding hydrogens is 178 g/mol. The molecule has 1 heterocycles. The van der Waals surface area contributed by atoms with E-state index >= 15 is 0 Å². The van der Waals surface area contributed by atoms with E-state index in [0.29, 0.717) is 0 Å². The second kappa shape index (κ2) is 3.46. The van der Waals surface area contributed by atoms with Crippen LogP contribution in [0.5, 0.6) is 0 Å². The normalized spacial score (nSPS) is 10.9. The summed E-state index contributed by atoms with van der Waals surface area (Å²) < 4.78 is 0. The van der Waals surface area contributed by atoms with Crippen LogP contribution in [-0.2, 0) is 6.42 Å². The van der Waals surface area contributed by atoms with Crippen molar-refractivity contribution in [3.63, 3.8) is 0 Å². The van der Waals surface area contributed by atoms with Crippen molar-refractivity contribution >= 4 is 23.5 Å². The van der Waals surface area contributed by atoms with Gasteiger partial charge in [-0.2, -0.15) is 12.6 Å². The predicted molar refractivity (Wildman–Crippen MR) is 60.6 cm³/mol. The van der Waals surface area contributed by atoms with Crippen LogP contribution in [0.15, 0.2) is 24.4 Å². The quantitative estimate of drug-likeness (QED) is 0.679. The van der Waals surface area contributed by atoms with Crippen LogP contribution >= 0.6 is 12.6 Å². The monoisotopic (exact) mass is 191 g/mol. The molecule has 0 aliphatic rings. The van der Waals surface area contributed by atoms with E-state index in [0.717, 1.165) is 12.2 Å². The molecule has 2 rings (SSSR count). The van der Waals surface area contributed by atoms with Crippen LogP contribution in [0, 0.1) is 6.92 Å². The van der Waals surface area contributed by atoms with E-state index in [-0.39, 0.29) is 0 Å². The summed E-state index contributed by atoms with van der Waals surface area (Å²) in [6.45, 7) is 2.12. The summed E-state index contributed by atoms with van der Waals surface area (Å²) in [4.78, 5) is 3.27. The van der Waals surface area contributed by atoms with Crippen LogP contribution in [0.3, 0.4) is 0 Å². The third-order valence-corrected chi connectivity index (χ3v) is 2.53. The fraction of sp³-hybridized carbons (Fsp3) is 0.273. The molecule has 68 valence electrons. The highest BCUT2D eigenvalue weighted by Crippen LogP contribution is 2.20. The topological polar surface area (TPSA) is 15.8 Å². The lowest BCUT2D eigenvalue weighted by Gasteiger charge is -1.96. The summed E-state index contributed by atoms with van der Waals surface area (Å²) in [7, 11) is 0. The van der Waals surface area contributed by atoms with Crippen molar-refractivity contribution in [3.8, 4) is 0 Å². The van der Waals surface area contributed by atoms with Gasteiger partial charge in [0.1, 0.15) is 0 Å². The average molecular weight is 191 g/mol. The Morgan fingerprint density at radius 2 is 2.23 bits per heavy atom. The standard InChI is InChI=1S/C11H13NS/c1-8-2-3-11-10(6-8)9(4-5-13)7-12-11/h2-3,6-7,12-13H,4-5H2,1H3. The van der Waals surface area contributed by atoms with Gasteiger partial charge in [0.15, 0.2) is 0 Å². The molecule has 2 heteroatoms. The van der Waals surface area contributed by atoms with Gasteiger partial charge in [-0.3, -0.25) is 0 Å². The van der Waals surface area contributed by atoms with E-state index in [4.69, 9.17) is 0 Å². The van der Waals surface area contributed by atoms with Crippen LogP contribution in [-0.4, -0.2) is 10.7 Å². The first kappa shape index (κ1) is 8.70. The Hall–Kier alpha value is -0.890. The third kappa shape index (κ3) is 1.59. The molecule has 1 N–H and O–H groups in total. The number of aromatic amines is 1. The lowest BCUT2D eigenvalue weighted by molar-refractivity contribution is 1.18. The van der Waals surface area contributed by atoms with Crippen LogP contribution in [0.4, 0.5) is 0 Å². The SMILES string of the molecule is Cc1ccc2[nH]cc(CCS)c2c1. The first-order valence-electron chi connectivity index (χ1n) is 4.49. The molecule has 0 unspecified atom stereocenters. The number of fused-ring (bicyclic) bond motifs is 1. The molecule has 13 heavy (non-hydrogen) atoms. The molecule has 1 aromatic heterocycles. The van der Waals surface area contributed by atoms with E-state index < -0.39 is 0 Å². The number of thiol groups is 1. The van der Waals surface area contributed by atoms with Gasteiger partial charge < -0.3 is 4.98 Å². The van der Waals surface area contributed by atoms with Crippen molar-refractivity contribution in [1.82, 2.24) is 4.98 Å². The Bertz CT molecular complexity index is 417. The number of rotatable bonds is 2. The molecule has 0 aliphatic carbocycles. The van der Waals surface area contributed by atoms with E-state index in [1.54, 1.807) is 0 Å². The van der Waals surface area contributed by atoms with Gasteiger partial charge in [-0.25, -0.2) is 0 Å². The zero-order chi connectivity index (χ0) is 9.26. The van der Waals surface area contributed by atoms with Crippen LogP contribution < -0.4 is 0 Å². The summed E-state index contributed by atoms with van der Waals surface area (Å²) in [5.74, 6) is 0.904. The molecule has 0 fully saturated rings. The highest BCUT2D eigenvalue weighted by Gasteiger charge is 2.01. The minimum Gasteiger partial charge on any atom is -0.361 e. The Morgan fingerprint density at radius 1 is 1.38 bits per heavy atom. The molecule has 0 spiro atoms. The highest BCUT2D eigenvalue weighted by atomic mass is 32.1. The first-order chi connectivity index (χ1) is 6.31. The zero-order valence-corrected chi connectivity index (χ0v) is 8.57. The summed E-state index contributed by atoms with van der Waals surface area (Å²) in [5.41, 5.74) is 3.91. The summed E-state index contributed by atoms with van der Waals surface area (Å²) in [6.07, 6.45) is 3.12. The minimum absolute atomic E-state index is 0.904. The van der Waals surface area contributed by atoms with Gasteiger partial charge >= 0.3 is 0 Å². The maximum atomic E-state index is 4.24. The number of nitrogens with one attached hydrogen (secondary N) is 1. The molecule has 0 radical (unpaired) electrons. The van der Waals surface area contributed by atoms with E-state index in [1.807, 2.05) is 0 Å². The van der Waals surface area contributed by atoms with Crippen molar-refractivity contribution in [2.75, 3.05) is 5.75 Å². The van der Waals surface area contributed by atoms with Gasteiger partial charge in [-0.15, -0.1) is 0 Å². The lowest BCUT2D eigenvalue weighted by atomic mass is 10.1.